The molecule has 3 saturated heterocycles. The first kappa shape index (κ1) is 25.8. The number of hydrogen-bond acceptors (Lipinski definition) is 11. The van der Waals surface area contributed by atoms with Gasteiger partial charge in [-0.2, -0.15) is 0 Å². The van der Waals surface area contributed by atoms with Gasteiger partial charge < -0.3 is 23.6 Å². The van der Waals surface area contributed by atoms with Crippen molar-refractivity contribution in [2.24, 2.45) is 0 Å². The molecular weight excluding hydrogens is 533 g/mol. The Labute approximate surface area is 216 Å². The molecule has 1 N–H and O–H groups in total. The summed E-state index contributed by atoms with van der Waals surface area (Å²) in [6.45, 7) is -1.20. The normalized spacial score (nSPS) is 39.6. The van der Waals surface area contributed by atoms with Crippen LogP contribution in [0.1, 0.15) is 18.9 Å². The molecule has 1 aromatic carbocycles. The molecule has 4 aliphatic rings. The van der Waals surface area contributed by atoms with Crippen LogP contribution in [0.3, 0.4) is 0 Å². The highest BCUT2D eigenvalue weighted by atomic mass is 33.1. The fourth-order valence-electron chi connectivity index (χ4n) is 4.33. The molecular formula is C22H26NO8PS3. The van der Waals surface area contributed by atoms with Gasteiger partial charge >= 0.3 is 6.72 Å². The molecule has 190 valence electrons. The van der Waals surface area contributed by atoms with Crippen LogP contribution in [0.5, 0.6) is 0 Å². The number of benzene rings is 1. The zero-order chi connectivity index (χ0) is 24.6. The third kappa shape index (κ3) is 5.57. The van der Waals surface area contributed by atoms with Crippen molar-refractivity contribution in [3.63, 3.8) is 0 Å². The Morgan fingerprint density at radius 3 is 2.71 bits per heavy atom. The van der Waals surface area contributed by atoms with E-state index in [1.165, 1.54) is 24.1 Å². The second-order valence-corrected chi connectivity index (χ2v) is 14.3. The van der Waals surface area contributed by atoms with E-state index in [-0.39, 0.29) is 31.0 Å². The van der Waals surface area contributed by atoms with E-state index >= 15 is 0 Å². The third-order valence-electron chi connectivity index (χ3n) is 6.18. The van der Waals surface area contributed by atoms with Crippen LogP contribution in [0.2, 0.25) is 0 Å². The van der Waals surface area contributed by atoms with Gasteiger partial charge in [0.2, 0.25) is 5.91 Å². The number of aliphatic hydroxyl groups is 1. The minimum Gasteiger partial charge on any atom is -0.383 e. The maximum atomic E-state index is 12.4. The molecule has 2 unspecified atom stereocenters. The number of carbonyl (C=O) groups excluding carboxylic acids is 2. The summed E-state index contributed by atoms with van der Waals surface area (Å²) < 4.78 is 30.3. The standard InChI is InChI=1S/C22H26NO8PS3/c1-22(26)20-16(29-21(22)23-8-7-15(24)9-19(23)25)11-28-32(33,31-20)30-18-13-35-34-12-17(18)27-10-14-5-3-2-4-6-14/h2-8,16-18,20-21,26H,9-13H2,1H3/t16-,17+,18?,20-,21-,22-,32?/m1/s1. The van der Waals surface area contributed by atoms with E-state index in [1.807, 2.05) is 30.3 Å². The van der Waals surface area contributed by atoms with Crippen molar-refractivity contribution in [1.82, 2.24) is 4.90 Å². The quantitative estimate of drug-likeness (QED) is 0.316. The van der Waals surface area contributed by atoms with E-state index in [2.05, 4.69) is 0 Å². The van der Waals surface area contributed by atoms with Gasteiger partial charge in [-0.05, 0) is 30.4 Å². The van der Waals surface area contributed by atoms with Crippen molar-refractivity contribution >= 4 is 51.8 Å². The first-order valence-electron chi connectivity index (χ1n) is 11.2. The Balaban J connectivity index is 1.26. The number of ketones is 1. The molecule has 1 amide bonds. The summed E-state index contributed by atoms with van der Waals surface area (Å²) in [6.07, 6.45) is -0.729. The van der Waals surface area contributed by atoms with E-state index in [4.69, 9.17) is 34.9 Å². The summed E-state index contributed by atoms with van der Waals surface area (Å²) in [5.74, 6) is 0.639. The lowest BCUT2D eigenvalue weighted by atomic mass is 9.95. The highest BCUT2D eigenvalue weighted by Crippen LogP contribution is 2.59. The number of nitrogens with zero attached hydrogens (tertiary/aromatic N) is 1. The van der Waals surface area contributed by atoms with Crippen LogP contribution < -0.4 is 0 Å². The van der Waals surface area contributed by atoms with Gasteiger partial charge in [-0.1, -0.05) is 51.9 Å². The molecule has 4 aliphatic heterocycles. The van der Waals surface area contributed by atoms with Crippen LogP contribution in [0.4, 0.5) is 0 Å². The largest absolute Gasteiger partial charge is 0.383 e. The molecule has 0 aromatic heterocycles. The van der Waals surface area contributed by atoms with E-state index < -0.39 is 36.7 Å². The molecule has 13 heteroatoms. The van der Waals surface area contributed by atoms with Crippen LogP contribution in [0, 0.1) is 0 Å². The van der Waals surface area contributed by atoms with Crippen molar-refractivity contribution in [2.75, 3.05) is 18.1 Å². The summed E-state index contributed by atoms with van der Waals surface area (Å²) in [7, 11) is 3.39. The van der Waals surface area contributed by atoms with Crippen molar-refractivity contribution < 1.29 is 37.7 Å². The summed E-state index contributed by atoms with van der Waals surface area (Å²) in [5.41, 5.74) is -0.526. The van der Waals surface area contributed by atoms with Gasteiger partial charge in [-0.3, -0.25) is 19.0 Å². The highest BCUT2D eigenvalue weighted by Gasteiger charge is 2.60. The number of hydrogen-bond donors (Lipinski definition) is 1. The monoisotopic (exact) mass is 559 g/mol. The van der Waals surface area contributed by atoms with Crippen LogP contribution in [-0.4, -0.2) is 76.1 Å². The van der Waals surface area contributed by atoms with E-state index in [0.29, 0.717) is 12.4 Å². The number of fused-ring (bicyclic) bond motifs is 1. The predicted molar refractivity (Wildman–Crippen MR) is 135 cm³/mol. The number of allylic oxidation sites excluding steroid dienone is 1. The molecule has 0 aliphatic carbocycles. The third-order valence-corrected chi connectivity index (χ3v) is 10.9. The van der Waals surface area contributed by atoms with Crippen molar-refractivity contribution in [1.29, 1.82) is 0 Å². The van der Waals surface area contributed by atoms with Crippen molar-refractivity contribution in [3.05, 3.63) is 48.2 Å². The summed E-state index contributed by atoms with van der Waals surface area (Å²) >= 11 is 5.69. The zero-order valence-corrected chi connectivity index (χ0v) is 22.2. The van der Waals surface area contributed by atoms with Crippen LogP contribution in [0.25, 0.3) is 0 Å². The summed E-state index contributed by atoms with van der Waals surface area (Å²) in [5, 5.41) is 11.4. The van der Waals surface area contributed by atoms with Crippen molar-refractivity contribution in [2.45, 2.75) is 56.2 Å². The first-order chi connectivity index (χ1) is 16.7. The Hall–Kier alpha value is -0.790. The molecule has 4 heterocycles. The zero-order valence-electron chi connectivity index (χ0n) is 18.9. The molecule has 0 spiro atoms. The minimum absolute atomic E-state index is 0.0590. The SMILES string of the molecule is C[C@@]1(O)[C@@H]2OP(=S)(OC3CSSC[C@@H]3OCc3ccccc3)OC[C@H]2O[C@H]1N1C=CC(=O)CC1=O. The molecule has 0 bridgehead atoms. The second-order valence-electron chi connectivity index (χ2n) is 8.83. The van der Waals surface area contributed by atoms with Gasteiger partial charge in [0.05, 0.1) is 25.7 Å². The molecule has 0 radical (unpaired) electrons. The van der Waals surface area contributed by atoms with Crippen LogP contribution in [-0.2, 0) is 51.0 Å². The highest BCUT2D eigenvalue weighted by molar-refractivity contribution is 8.76. The predicted octanol–water partition coefficient (Wildman–Crippen LogP) is 2.78. The Morgan fingerprint density at radius 2 is 1.97 bits per heavy atom. The fourth-order valence-corrected chi connectivity index (χ4v) is 9.33. The number of rotatable bonds is 6. The van der Waals surface area contributed by atoms with Gasteiger partial charge in [-0.15, -0.1) is 0 Å². The molecule has 5 rings (SSSR count). The lowest BCUT2D eigenvalue weighted by Gasteiger charge is -2.40. The molecule has 1 aromatic rings. The average Bonchev–Trinajstić information content (AvgIpc) is 3.08. The van der Waals surface area contributed by atoms with Crippen molar-refractivity contribution in [3.8, 4) is 0 Å². The maximum Gasteiger partial charge on any atom is 0.328 e. The van der Waals surface area contributed by atoms with Crippen LogP contribution in [0.15, 0.2) is 42.6 Å². The van der Waals surface area contributed by atoms with E-state index in [0.717, 1.165) is 11.3 Å². The molecule has 0 saturated carbocycles. The lowest BCUT2D eigenvalue weighted by molar-refractivity contribution is -0.157. The summed E-state index contributed by atoms with van der Waals surface area (Å²) in [4.78, 5) is 25.2. The second kappa shape index (κ2) is 10.5. The number of carbonyl (C=O) groups is 2. The van der Waals surface area contributed by atoms with Gasteiger partial charge in [0.1, 0.15) is 23.9 Å². The van der Waals surface area contributed by atoms with Gasteiger partial charge in [-0.25, -0.2) is 0 Å². The summed E-state index contributed by atoms with van der Waals surface area (Å²) in [6, 6.07) is 9.91. The Bertz CT molecular complexity index is 1040. The average molecular weight is 560 g/mol. The molecule has 9 nitrogen and oxygen atoms in total. The minimum atomic E-state index is -3.24. The van der Waals surface area contributed by atoms with E-state index in [1.54, 1.807) is 21.6 Å². The Morgan fingerprint density at radius 1 is 1.23 bits per heavy atom. The topological polar surface area (TPSA) is 104 Å². The smallest absolute Gasteiger partial charge is 0.328 e. The Kier molecular flexibility index (Phi) is 7.77. The van der Waals surface area contributed by atoms with E-state index in [9.17, 15) is 14.7 Å². The van der Waals surface area contributed by atoms with Gasteiger partial charge in [0.25, 0.3) is 0 Å². The van der Waals surface area contributed by atoms with Gasteiger partial charge in [0, 0.05) is 17.7 Å². The lowest BCUT2D eigenvalue weighted by Crippen LogP contribution is -2.55. The fraction of sp³-hybridized carbons (Fsp3) is 0.545. The first-order valence-corrected chi connectivity index (χ1v) is 16.2. The number of amides is 1. The van der Waals surface area contributed by atoms with Crippen LogP contribution >= 0.6 is 28.3 Å². The molecule has 7 atom stereocenters. The number of ether oxygens (including phenoxy) is 2. The molecule has 35 heavy (non-hydrogen) atoms. The molecule has 3 fully saturated rings. The van der Waals surface area contributed by atoms with Gasteiger partial charge in [0.15, 0.2) is 12.0 Å². The maximum absolute atomic E-state index is 12.4.